The van der Waals surface area contributed by atoms with Gasteiger partial charge in [-0.2, -0.15) is 0 Å². The Kier molecular flexibility index (Phi) is 7.28. The molecule has 10 nitrogen and oxygen atoms in total. The van der Waals surface area contributed by atoms with E-state index in [1.54, 1.807) is 38.0 Å². The topological polar surface area (TPSA) is 122 Å². The fourth-order valence-corrected chi connectivity index (χ4v) is 4.92. The molecule has 2 N–H and O–H groups in total. The van der Waals surface area contributed by atoms with E-state index in [1.807, 2.05) is 18.2 Å². The summed E-state index contributed by atoms with van der Waals surface area (Å²) in [7, 11) is 1.65. The predicted octanol–water partition coefficient (Wildman–Crippen LogP) is 3.47. The zero-order valence-electron chi connectivity index (χ0n) is 19.8. The van der Waals surface area contributed by atoms with Crippen LogP contribution in [0.25, 0.3) is 17.3 Å². The van der Waals surface area contributed by atoms with Gasteiger partial charge in [0.1, 0.15) is 5.75 Å². The number of imide groups is 1. The number of carbonyl (C=O) groups excluding carboxylic acids is 2. The molecule has 0 saturated carbocycles. The number of nitrogens with one attached hydrogen (secondary N) is 2. The SMILES string of the molecule is COc1ccc(-c2ccoc2)nc1CNCC1CCN(c2nccc(/C=C3/SC(=O)NC3=O)n2)CC1. The van der Waals surface area contributed by atoms with Gasteiger partial charge < -0.3 is 19.4 Å². The second-order valence-corrected chi connectivity index (χ2v) is 9.57. The highest BCUT2D eigenvalue weighted by Gasteiger charge is 2.26. The summed E-state index contributed by atoms with van der Waals surface area (Å²) in [5.74, 6) is 1.53. The summed E-state index contributed by atoms with van der Waals surface area (Å²) >= 11 is 0.882. The number of hydrogen-bond acceptors (Lipinski definition) is 10. The first-order valence-corrected chi connectivity index (χ1v) is 12.5. The monoisotopic (exact) mass is 506 g/mol. The number of nitrogens with zero attached hydrogens (tertiary/aromatic N) is 4. The van der Waals surface area contributed by atoms with Crippen molar-refractivity contribution < 1.29 is 18.7 Å². The maximum Gasteiger partial charge on any atom is 0.290 e. The lowest BCUT2D eigenvalue weighted by atomic mass is 9.97. The van der Waals surface area contributed by atoms with Gasteiger partial charge in [0.2, 0.25) is 5.95 Å². The molecule has 0 atom stereocenters. The number of methoxy groups -OCH3 is 1. The van der Waals surface area contributed by atoms with E-state index in [1.165, 1.54) is 0 Å². The van der Waals surface area contributed by atoms with Crippen LogP contribution in [0.15, 0.2) is 52.3 Å². The van der Waals surface area contributed by atoms with Crippen molar-refractivity contribution in [1.29, 1.82) is 0 Å². The molecular weight excluding hydrogens is 480 g/mol. The van der Waals surface area contributed by atoms with E-state index in [0.717, 1.165) is 66.9 Å². The van der Waals surface area contributed by atoms with Crippen LogP contribution < -0.4 is 20.3 Å². The average Bonchev–Trinajstić information content (AvgIpc) is 3.54. The Morgan fingerprint density at radius 3 is 2.81 bits per heavy atom. The van der Waals surface area contributed by atoms with E-state index in [2.05, 4.69) is 25.5 Å². The summed E-state index contributed by atoms with van der Waals surface area (Å²) in [6.45, 7) is 3.18. The molecule has 0 radical (unpaired) electrons. The Morgan fingerprint density at radius 2 is 2.08 bits per heavy atom. The van der Waals surface area contributed by atoms with Gasteiger partial charge in [-0.15, -0.1) is 0 Å². The van der Waals surface area contributed by atoms with Crippen LogP contribution in [0.1, 0.15) is 24.2 Å². The van der Waals surface area contributed by atoms with Gasteiger partial charge in [0.25, 0.3) is 11.1 Å². The smallest absolute Gasteiger partial charge is 0.290 e. The molecule has 0 spiro atoms. The minimum absolute atomic E-state index is 0.343. The van der Waals surface area contributed by atoms with E-state index < -0.39 is 0 Å². The standard InChI is InChI=1S/C25H26N6O4S/c1-34-21-3-2-19(17-7-11-35-15-17)29-20(21)14-26-13-16-5-9-31(10-6-16)24-27-8-4-18(28-24)12-22-23(32)30-25(33)36-22/h2-4,7-8,11-12,15-16,26H,5-6,9-10,13-14H2,1H3,(H,30,32,33)/b22-12+. The molecule has 0 bridgehead atoms. The molecule has 5 rings (SSSR count). The van der Waals surface area contributed by atoms with Crippen molar-refractivity contribution in [3.05, 3.63) is 59.3 Å². The van der Waals surface area contributed by atoms with Crippen molar-refractivity contribution >= 4 is 34.9 Å². The Balaban J connectivity index is 1.14. The zero-order chi connectivity index (χ0) is 24.9. The van der Waals surface area contributed by atoms with Crippen molar-refractivity contribution in [3.8, 4) is 17.0 Å². The Morgan fingerprint density at radius 1 is 1.22 bits per heavy atom. The average molecular weight is 507 g/mol. The summed E-state index contributed by atoms with van der Waals surface area (Å²) in [6.07, 6.45) is 8.64. The second-order valence-electron chi connectivity index (χ2n) is 8.55. The van der Waals surface area contributed by atoms with E-state index in [-0.39, 0.29) is 11.1 Å². The maximum atomic E-state index is 11.8. The van der Waals surface area contributed by atoms with Gasteiger partial charge in [0.05, 0.1) is 41.6 Å². The Hall–Kier alpha value is -3.70. The number of rotatable bonds is 8. The quantitative estimate of drug-likeness (QED) is 0.439. The number of ether oxygens (including phenoxy) is 1. The molecule has 11 heteroatoms. The minimum atomic E-state index is -0.389. The van der Waals surface area contributed by atoms with Crippen LogP contribution in [0.2, 0.25) is 0 Å². The van der Waals surface area contributed by atoms with Crippen LogP contribution in [-0.2, 0) is 11.3 Å². The fourth-order valence-electron chi connectivity index (χ4n) is 4.25. The lowest BCUT2D eigenvalue weighted by Gasteiger charge is -2.32. The third kappa shape index (κ3) is 5.58. The molecule has 2 aliphatic heterocycles. The van der Waals surface area contributed by atoms with Crippen molar-refractivity contribution in [2.24, 2.45) is 5.92 Å². The molecule has 0 aromatic carbocycles. The van der Waals surface area contributed by atoms with E-state index in [0.29, 0.717) is 29.0 Å². The normalized spacial score (nSPS) is 17.6. The maximum absolute atomic E-state index is 11.8. The number of furan rings is 1. The summed E-state index contributed by atoms with van der Waals surface area (Å²) in [4.78, 5) is 39.4. The molecule has 3 aromatic heterocycles. The lowest BCUT2D eigenvalue weighted by molar-refractivity contribution is -0.115. The van der Waals surface area contributed by atoms with Crippen molar-refractivity contribution in [2.45, 2.75) is 19.4 Å². The number of carbonyl (C=O) groups is 2. The van der Waals surface area contributed by atoms with E-state index in [9.17, 15) is 9.59 Å². The van der Waals surface area contributed by atoms with Gasteiger partial charge in [0.15, 0.2) is 0 Å². The lowest BCUT2D eigenvalue weighted by Crippen LogP contribution is -2.38. The third-order valence-corrected chi connectivity index (χ3v) is 6.99. The number of pyridine rings is 1. The molecule has 0 aliphatic carbocycles. The number of thioether (sulfide) groups is 1. The molecule has 2 aliphatic rings. The molecule has 0 unspecified atom stereocenters. The number of anilines is 1. The molecule has 3 aromatic rings. The van der Waals surface area contributed by atoms with E-state index in [4.69, 9.17) is 14.1 Å². The number of hydrogen-bond donors (Lipinski definition) is 2. The summed E-state index contributed by atoms with van der Waals surface area (Å²) in [6, 6.07) is 7.48. The predicted molar refractivity (Wildman–Crippen MR) is 136 cm³/mol. The highest BCUT2D eigenvalue weighted by atomic mass is 32.2. The van der Waals surface area contributed by atoms with Crippen LogP contribution in [0.4, 0.5) is 10.7 Å². The molecule has 5 heterocycles. The van der Waals surface area contributed by atoms with Crippen molar-refractivity contribution in [2.75, 3.05) is 31.6 Å². The largest absolute Gasteiger partial charge is 0.495 e. The summed E-state index contributed by atoms with van der Waals surface area (Å²) < 4.78 is 10.7. The van der Waals surface area contributed by atoms with Crippen LogP contribution in [-0.4, -0.2) is 52.8 Å². The molecule has 186 valence electrons. The van der Waals surface area contributed by atoms with Gasteiger partial charge >= 0.3 is 0 Å². The van der Waals surface area contributed by atoms with Crippen LogP contribution in [0.3, 0.4) is 0 Å². The van der Waals surface area contributed by atoms with Crippen molar-refractivity contribution in [1.82, 2.24) is 25.6 Å². The van der Waals surface area contributed by atoms with Gasteiger partial charge in [-0.1, -0.05) is 0 Å². The first-order valence-electron chi connectivity index (χ1n) is 11.7. The first-order chi connectivity index (χ1) is 17.6. The fraction of sp³-hybridized carbons (Fsp3) is 0.320. The number of piperidine rings is 1. The molecule has 2 fully saturated rings. The minimum Gasteiger partial charge on any atom is -0.495 e. The highest BCUT2D eigenvalue weighted by Crippen LogP contribution is 2.27. The molecule has 36 heavy (non-hydrogen) atoms. The molecule has 2 saturated heterocycles. The summed E-state index contributed by atoms with van der Waals surface area (Å²) in [5.41, 5.74) is 3.26. The van der Waals surface area contributed by atoms with Crippen LogP contribution in [0, 0.1) is 5.92 Å². The Labute approximate surface area is 212 Å². The van der Waals surface area contributed by atoms with Crippen LogP contribution in [0.5, 0.6) is 5.75 Å². The van der Waals surface area contributed by atoms with Gasteiger partial charge in [0, 0.05) is 31.4 Å². The summed E-state index contributed by atoms with van der Waals surface area (Å²) in [5, 5.41) is 5.43. The molecular formula is C25H26N6O4S. The van der Waals surface area contributed by atoms with Gasteiger partial charge in [-0.05, 0) is 67.4 Å². The number of aromatic nitrogens is 3. The second kappa shape index (κ2) is 10.9. The molecule has 2 amide bonds. The van der Waals surface area contributed by atoms with Crippen LogP contribution >= 0.6 is 11.8 Å². The zero-order valence-corrected chi connectivity index (χ0v) is 20.6. The highest BCUT2D eigenvalue weighted by molar-refractivity contribution is 8.18. The van der Waals surface area contributed by atoms with E-state index >= 15 is 0 Å². The first kappa shape index (κ1) is 24.0. The third-order valence-electron chi connectivity index (χ3n) is 6.18. The van der Waals surface area contributed by atoms with Crippen molar-refractivity contribution in [3.63, 3.8) is 0 Å². The Bertz CT molecular complexity index is 1270. The van der Waals surface area contributed by atoms with Gasteiger partial charge in [-0.3, -0.25) is 14.9 Å². The van der Waals surface area contributed by atoms with Gasteiger partial charge in [-0.25, -0.2) is 15.0 Å². The number of amides is 2.